The summed E-state index contributed by atoms with van der Waals surface area (Å²) in [6.07, 6.45) is -1.75. The molecule has 1 aromatic carbocycles. The Hall–Kier alpha value is -1.34. The first-order valence-corrected chi connectivity index (χ1v) is 5.63. The van der Waals surface area contributed by atoms with Gasteiger partial charge in [-0.15, -0.1) is 0 Å². The van der Waals surface area contributed by atoms with Crippen molar-refractivity contribution in [3.63, 3.8) is 0 Å². The highest BCUT2D eigenvalue weighted by molar-refractivity contribution is 9.10. The summed E-state index contributed by atoms with van der Waals surface area (Å²) in [5.41, 5.74) is -0.264. The van der Waals surface area contributed by atoms with Gasteiger partial charge in [0.05, 0.1) is 25.8 Å². The topological polar surface area (TPSA) is 65.0 Å². The summed E-state index contributed by atoms with van der Waals surface area (Å²) in [5, 5.41) is 9.69. The molecule has 1 aromatic rings. The van der Waals surface area contributed by atoms with Crippen molar-refractivity contribution in [3.05, 3.63) is 21.9 Å². The summed E-state index contributed by atoms with van der Waals surface area (Å²) in [4.78, 5) is 11.2. The van der Waals surface area contributed by atoms with Crippen LogP contribution in [0.5, 0.6) is 11.5 Å². The number of ether oxygens (including phenoxy) is 3. The van der Waals surface area contributed by atoms with Crippen molar-refractivity contribution in [2.75, 3.05) is 21.3 Å². The summed E-state index contributed by atoms with van der Waals surface area (Å²) in [5.74, 6) is -1.46. The van der Waals surface area contributed by atoms with Crippen molar-refractivity contribution < 1.29 is 28.5 Å². The van der Waals surface area contributed by atoms with Crippen LogP contribution < -0.4 is 9.47 Å². The molecule has 0 saturated heterocycles. The van der Waals surface area contributed by atoms with Gasteiger partial charge in [0.25, 0.3) is 0 Å². The van der Waals surface area contributed by atoms with Crippen molar-refractivity contribution in [2.45, 2.75) is 6.10 Å². The Morgan fingerprint density at radius 1 is 1.39 bits per heavy atom. The van der Waals surface area contributed by atoms with Gasteiger partial charge < -0.3 is 19.3 Å². The number of carbonyl (C=O) groups is 1. The summed E-state index contributed by atoms with van der Waals surface area (Å²) in [7, 11) is 3.80. The Kier molecular flexibility index (Phi) is 4.92. The van der Waals surface area contributed by atoms with Crippen molar-refractivity contribution in [1.29, 1.82) is 0 Å². The highest BCUT2D eigenvalue weighted by Crippen LogP contribution is 2.41. The van der Waals surface area contributed by atoms with E-state index in [1.54, 1.807) is 0 Å². The number of hydrogen-bond acceptors (Lipinski definition) is 5. The lowest BCUT2D eigenvalue weighted by atomic mass is 10.1. The molecule has 0 saturated carbocycles. The third-order valence-electron chi connectivity index (χ3n) is 2.30. The lowest BCUT2D eigenvalue weighted by molar-refractivity contribution is -0.150. The Balaban J connectivity index is 3.41. The fraction of sp³-hybridized carbons (Fsp3) is 0.364. The average Bonchev–Trinajstić information content (AvgIpc) is 2.36. The molecule has 0 heterocycles. The van der Waals surface area contributed by atoms with Crippen molar-refractivity contribution in [2.24, 2.45) is 0 Å². The van der Waals surface area contributed by atoms with E-state index in [1.165, 1.54) is 14.2 Å². The van der Waals surface area contributed by atoms with Crippen molar-refractivity contribution in [3.8, 4) is 11.5 Å². The molecule has 100 valence electrons. The number of halogens is 2. The summed E-state index contributed by atoms with van der Waals surface area (Å²) >= 11 is 3.07. The van der Waals surface area contributed by atoms with Crippen LogP contribution in [0.2, 0.25) is 0 Å². The number of benzene rings is 1. The molecule has 0 amide bonds. The minimum absolute atomic E-state index is 0.0970. The van der Waals surface area contributed by atoms with E-state index in [1.807, 2.05) is 0 Å². The van der Waals surface area contributed by atoms with Crippen LogP contribution in [0.1, 0.15) is 11.7 Å². The van der Waals surface area contributed by atoms with Gasteiger partial charge in [0, 0.05) is 11.6 Å². The molecule has 5 nitrogen and oxygen atoms in total. The predicted molar refractivity (Wildman–Crippen MR) is 64.2 cm³/mol. The van der Waals surface area contributed by atoms with Crippen LogP contribution in [0.3, 0.4) is 0 Å². The number of aliphatic hydroxyl groups excluding tert-OH is 1. The SMILES string of the molecule is COC(=O)C(O)c1c(F)cc(OC)c(OC)c1Br. The normalized spacial score (nSPS) is 11.9. The highest BCUT2D eigenvalue weighted by Gasteiger charge is 2.28. The predicted octanol–water partition coefficient (Wildman–Crippen LogP) is 1.81. The molecule has 0 bridgehead atoms. The molecular formula is C11H12BrFO5. The monoisotopic (exact) mass is 322 g/mol. The number of rotatable bonds is 4. The van der Waals surface area contributed by atoms with E-state index in [2.05, 4.69) is 20.7 Å². The molecule has 0 aromatic heterocycles. The van der Waals surface area contributed by atoms with E-state index < -0.39 is 17.9 Å². The standard InChI is InChI=1S/C11H12BrFO5/c1-16-6-4-5(13)7(8(12)10(6)17-2)9(14)11(15)18-3/h4,9,14H,1-3H3. The third-order valence-corrected chi connectivity index (χ3v) is 3.08. The van der Waals surface area contributed by atoms with Gasteiger partial charge in [-0.1, -0.05) is 0 Å². The molecule has 18 heavy (non-hydrogen) atoms. The molecular weight excluding hydrogens is 311 g/mol. The minimum Gasteiger partial charge on any atom is -0.493 e. The van der Waals surface area contributed by atoms with Crippen LogP contribution in [0, 0.1) is 5.82 Å². The molecule has 1 rings (SSSR count). The van der Waals surface area contributed by atoms with Gasteiger partial charge in [-0.25, -0.2) is 9.18 Å². The molecule has 1 unspecified atom stereocenters. The Morgan fingerprint density at radius 3 is 2.44 bits per heavy atom. The van der Waals surface area contributed by atoms with E-state index in [4.69, 9.17) is 9.47 Å². The largest absolute Gasteiger partial charge is 0.493 e. The maximum absolute atomic E-state index is 13.8. The maximum Gasteiger partial charge on any atom is 0.339 e. The summed E-state index contributed by atoms with van der Waals surface area (Å²) < 4.78 is 28.2. The van der Waals surface area contributed by atoms with Crippen molar-refractivity contribution >= 4 is 21.9 Å². The van der Waals surface area contributed by atoms with E-state index in [-0.39, 0.29) is 21.5 Å². The van der Waals surface area contributed by atoms with Crippen LogP contribution in [-0.2, 0) is 9.53 Å². The molecule has 0 aliphatic carbocycles. The third kappa shape index (κ3) is 2.56. The average molecular weight is 323 g/mol. The highest BCUT2D eigenvalue weighted by atomic mass is 79.9. The zero-order chi connectivity index (χ0) is 13.9. The Morgan fingerprint density at radius 2 is 2.00 bits per heavy atom. The Labute approximate surface area is 112 Å². The van der Waals surface area contributed by atoms with Crippen LogP contribution >= 0.6 is 15.9 Å². The zero-order valence-electron chi connectivity index (χ0n) is 9.99. The van der Waals surface area contributed by atoms with Gasteiger partial charge in [-0.2, -0.15) is 0 Å². The van der Waals surface area contributed by atoms with Crippen LogP contribution in [-0.4, -0.2) is 32.4 Å². The zero-order valence-corrected chi connectivity index (χ0v) is 11.6. The fourth-order valence-electron chi connectivity index (χ4n) is 1.42. The van der Waals surface area contributed by atoms with Gasteiger partial charge in [0.2, 0.25) is 0 Å². The van der Waals surface area contributed by atoms with E-state index >= 15 is 0 Å². The number of carbonyl (C=O) groups excluding carboxylic acids is 1. The Bertz CT molecular complexity index is 463. The second-order valence-electron chi connectivity index (χ2n) is 3.25. The van der Waals surface area contributed by atoms with E-state index in [0.717, 1.165) is 13.2 Å². The lowest BCUT2D eigenvalue weighted by Crippen LogP contribution is -2.16. The smallest absolute Gasteiger partial charge is 0.339 e. The van der Waals surface area contributed by atoms with Crippen LogP contribution in [0.25, 0.3) is 0 Å². The number of hydrogen-bond donors (Lipinski definition) is 1. The molecule has 1 atom stereocenters. The van der Waals surface area contributed by atoms with E-state index in [0.29, 0.717) is 0 Å². The number of aliphatic hydroxyl groups is 1. The molecule has 0 aliphatic heterocycles. The second-order valence-corrected chi connectivity index (χ2v) is 4.04. The molecule has 0 spiro atoms. The summed E-state index contributed by atoms with van der Waals surface area (Å²) in [6.45, 7) is 0. The van der Waals surface area contributed by atoms with Gasteiger partial charge in [0.1, 0.15) is 5.82 Å². The molecule has 7 heteroatoms. The first kappa shape index (κ1) is 14.7. The van der Waals surface area contributed by atoms with Crippen LogP contribution in [0.4, 0.5) is 4.39 Å². The van der Waals surface area contributed by atoms with Gasteiger partial charge in [0.15, 0.2) is 17.6 Å². The lowest BCUT2D eigenvalue weighted by Gasteiger charge is -2.16. The first-order chi connectivity index (χ1) is 8.47. The quantitative estimate of drug-likeness (QED) is 0.856. The summed E-state index contributed by atoms with van der Waals surface area (Å²) in [6, 6.07) is 1.02. The van der Waals surface area contributed by atoms with E-state index in [9.17, 15) is 14.3 Å². The molecule has 0 fully saturated rings. The van der Waals surface area contributed by atoms with Crippen LogP contribution in [0.15, 0.2) is 10.5 Å². The number of esters is 1. The first-order valence-electron chi connectivity index (χ1n) is 4.83. The minimum atomic E-state index is -1.75. The maximum atomic E-state index is 13.8. The van der Waals surface area contributed by atoms with Gasteiger partial charge >= 0.3 is 5.97 Å². The second kappa shape index (κ2) is 6.01. The van der Waals surface area contributed by atoms with Gasteiger partial charge in [-0.3, -0.25) is 0 Å². The molecule has 1 N–H and O–H groups in total. The fourth-order valence-corrected chi connectivity index (χ4v) is 2.18. The number of methoxy groups -OCH3 is 3. The molecule has 0 radical (unpaired) electrons. The van der Waals surface area contributed by atoms with Gasteiger partial charge in [-0.05, 0) is 15.9 Å². The molecule has 0 aliphatic rings. The van der Waals surface area contributed by atoms with Crippen molar-refractivity contribution in [1.82, 2.24) is 0 Å².